The maximum absolute atomic E-state index is 13.6. The predicted octanol–water partition coefficient (Wildman–Crippen LogP) is 5.55. The molecule has 0 atom stereocenters. The molecule has 1 aromatic heterocycles. The zero-order valence-corrected chi connectivity index (χ0v) is 14.9. The Kier molecular flexibility index (Phi) is 3.27. The van der Waals surface area contributed by atoms with Crippen molar-refractivity contribution >= 4 is 28.7 Å². The minimum Gasteiger partial charge on any atom is -0.380 e. The molecule has 0 amide bonds. The number of rotatable bonds is 1. The van der Waals surface area contributed by atoms with Gasteiger partial charge in [-0.15, -0.1) is 0 Å². The van der Waals surface area contributed by atoms with E-state index in [-0.39, 0.29) is 18.3 Å². The summed E-state index contributed by atoms with van der Waals surface area (Å²) >= 11 is 0. The van der Waals surface area contributed by atoms with Gasteiger partial charge in [-0.3, -0.25) is 4.99 Å². The van der Waals surface area contributed by atoms with Gasteiger partial charge in [0.05, 0.1) is 11.1 Å². The number of hydrogen-bond acceptors (Lipinski definition) is 4. The number of benzene rings is 2. The number of nitrogen functional groups attached to an aromatic ring is 1. The number of alkyl halides is 2. The van der Waals surface area contributed by atoms with E-state index >= 15 is 0 Å². The van der Waals surface area contributed by atoms with Gasteiger partial charge in [-0.2, -0.15) is 0 Å². The van der Waals surface area contributed by atoms with E-state index in [4.69, 9.17) is 10.3 Å². The highest BCUT2D eigenvalue weighted by atomic mass is 19.3. The van der Waals surface area contributed by atoms with Crippen molar-refractivity contribution in [3.8, 4) is 11.1 Å². The molecular weight excluding hydrogens is 348 g/mol. The molecule has 0 radical (unpaired) electrons. The van der Waals surface area contributed by atoms with Crippen LogP contribution in [0.3, 0.4) is 0 Å². The van der Waals surface area contributed by atoms with Gasteiger partial charge in [0.15, 0.2) is 11.4 Å². The van der Waals surface area contributed by atoms with Gasteiger partial charge in [0, 0.05) is 30.0 Å². The SMILES string of the molecule is Cc1ccc2c(N)noc2c1-c1ccc2c(c1)N=CC21CCC(F)(F)CC1. The molecule has 1 spiro atoms. The zero-order chi connectivity index (χ0) is 18.8. The lowest BCUT2D eigenvalue weighted by Crippen LogP contribution is -2.36. The fraction of sp³-hybridized carbons (Fsp3) is 0.333. The van der Waals surface area contributed by atoms with E-state index in [2.05, 4.69) is 10.1 Å². The van der Waals surface area contributed by atoms with Gasteiger partial charge in [-0.05, 0) is 48.6 Å². The highest BCUT2D eigenvalue weighted by Crippen LogP contribution is 2.50. The molecule has 1 saturated carbocycles. The summed E-state index contributed by atoms with van der Waals surface area (Å²) in [5.74, 6) is -2.19. The molecule has 1 fully saturated rings. The van der Waals surface area contributed by atoms with E-state index in [1.807, 2.05) is 43.5 Å². The van der Waals surface area contributed by atoms with Crippen molar-refractivity contribution in [2.45, 2.75) is 43.9 Å². The molecule has 5 rings (SSSR count). The van der Waals surface area contributed by atoms with Crippen LogP contribution in [0.15, 0.2) is 39.8 Å². The topological polar surface area (TPSA) is 64.4 Å². The largest absolute Gasteiger partial charge is 0.380 e. The molecule has 1 aliphatic heterocycles. The molecule has 138 valence electrons. The Labute approximate surface area is 155 Å². The number of anilines is 1. The number of aromatic nitrogens is 1. The van der Waals surface area contributed by atoms with Crippen LogP contribution >= 0.6 is 0 Å². The van der Waals surface area contributed by atoms with Gasteiger partial charge in [-0.25, -0.2) is 8.78 Å². The minimum absolute atomic E-state index is 0.0873. The normalized spacial score (nSPS) is 19.7. The van der Waals surface area contributed by atoms with Crippen LogP contribution in [0, 0.1) is 6.92 Å². The molecule has 27 heavy (non-hydrogen) atoms. The smallest absolute Gasteiger partial charge is 0.248 e. The van der Waals surface area contributed by atoms with E-state index in [0.717, 1.165) is 33.3 Å². The molecule has 0 bridgehead atoms. The van der Waals surface area contributed by atoms with Crippen molar-refractivity contribution in [2.24, 2.45) is 4.99 Å². The van der Waals surface area contributed by atoms with Gasteiger partial charge in [0.1, 0.15) is 0 Å². The summed E-state index contributed by atoms with van der Waals surface area (Å²) in [7, 11) is 0. The van der Waals surface area contributed by atoms with Crippen LogP contribution in [0.2, 0.25) is 0 Å². The van der Waals surface area contributed by atoms with Crippen molar-refractivity contribution in [3.63, 3.8) is 0 Å². The molecule has 2 heterocycles. The van der Waals surface area contributed by atoms with E-state index in [0.29, 0.717) is 24.2 Å². The first-order valence-corrected chi connectivity index (χ1v) is 9.11. The molecule has 2 aliphatic rings. The minimum atomic E-state index is -2.55. The lowest BCUT2D eigenvalue weighted by atomic mass is 9.70. The number of nitrogens with zero attached hydrogens (tertiary/aromatic N) is 2. The Morgan fingerprint density at radius 2 is 1.85 bits per heavy atom. The summed E-state index contributed by atoms with van der Waals surface area (Å²) in [5, 5.41) is 4.66. The van der Waals surface area contributed by atoms with Crippen LogP contribution in [0.4, 0.5) is 20.3 Å². The van der Waals surface area contributed by atoms with Crippen molar-refractivity contribution in [2.75, 3.05) is 5.73 Å². The van der Waals surface area contributed by atoms with Gasteiger partial charge in [0.2, 0.25) is 5.92 Å². The van der Waals surface area contributed by atoms with Gasteiger partial charge < -0.3 is 10.3 Å². The Bertz CT molecular complexity index is 1090. The van der Waals surface area contributed by atoms with Gasteiger partial charge in [-0.1, -0.05) is 23.4 Å². The van der Waals surface area contributed by atoms with Gasteiger partial charge in [0.25, 0.3) is 0 Å². The van der Waals surface area contributed by atoms with E-state index in [9.17, 15) is 8.78 Å². The van der Waals surface area contributed by atoms with Crippen LogP contribution < -0.4 is 5.73 Å². The summed E-state index contributed by atoms with van der Waals surface area (Å²) in [6, 6.07) is 9.95. The molecule has 4 nitrogen and oxygen atoms in total. The van der Waals surface area contributed by atoms with Crippen LogP contribution in [0.25, 0.3) is 22.1 Å². The maximum atomic E-state index is 13.6. The molecule has 1 aliphatic carbocycles. The highest BCUT2D eigenvalue weighted by Gasteiger charge is 2.46. The maximum Gasteiger partial charge on any atom is 0.248 e. The number of fused-ring (bicyclic) bond motifs is 3. The quantitative estimate of drug-likeness (QED) is 0.613. The summed E-state index contributed by atoms with van der Waals surface area (Å²) in [4.78, 5) is 4.58. The fourth-order valence-corrected chi connectivity index (χ4v) is 4.42. The predicted molar refractivity (Wildman–Crippen MR) is 102 cm³/mol. The molecule has 2 aromatic carbocycles. The third kappa shape index (κ3) is 2.39. The van der Waals surface area contributed by atoms with Crippen molar-refractivity contribution in [3.05, 3.63) is 41.5 Å². The lowest BCUT2D eigenvalue weighted by molar-refractivity contribution is -0.0432. The number of aliphatic imine (C=N–C) groups is 1. The Morgan fingerprint density at radius 3 is 2.63 bits per heavy atom. The van der Waals surface area contributed by atoms with Crippen LogP contribution in [-0.2, 0) is 5.41 Å². The Balaban J connectivity index is 1.60. The Hall–Kier alpha value is -2.76. The fourth-order valence-electron chi connectivity index (χ4n) is 4.42. The summed E-state index contributed by atoms with van der Waals surface area (Å²) in [6.07, 6.45) is 2.56. The number of aryl methyl sites for hydroxylation is 1. The van der Waals surface area contributed by atoms with Crippen LogP contribution in [0.1, 0.15) is 36.8 Å². The number of nitrogens with two attached hydrogens (primary N) is 1. The summed E-state index contributed by atoms with van der Waals surface area (Å²) < 4.78 is 32.7. The van der Waals surface area contributed by atoms with Gasteiger partial charge >= 0.3 is 0 Å². The van der Waals surface area contributed by atoms with E-state index < -0.39 is 5.92 Å². The first-order chi connectivity index (χ1) is 12.9. The number of halogens is 2. The summed E-state index contributed by atoms with van der Waals surface area (Å²) in [6.45, 7) is 2.01. The molecule has 0 unspecified atom stereocenters. The van der Waals surface area contributed by atoms with Crippen molar-refractivity contribution < 1.29 is 13.3 Å². The first-order valence-electron chi connectivity index (χ1n) is 9.11. The number of hydrogen-bond donors (Lipinski definition) is 1. The van der Waals surface area contributed by atoms with Crippen molar-refractivity contribution in [1.82, 2.24) is 5.16 Å². The third-order valence-electron chi connectivity index (χ3n) is 6.02. The van der Waals surface area contributed by atoms with Crippen LogP contribution in [-0.4, -0.2) is 17.3 Å². The summed E-state index contributed by atoms with van der Waals surface area (Å²) in [5.41, 5.74) is 11.0. The second-order valence-corrected chi connectivity index (χ2v) is 7.70. The van der Waals surface area contributed by atoms with Crippen LogP contribution in [0.5, 0.6) is 0 Å². The van der Waals surface area contributed by atoms with Crippen molar-refractivity contribution in [1.29, 1.82) is 0 Å². The molecule has 2 N–H and O–H groups in total. The monoisotopic (exact) mass is 367 g/mol. The second kappa shape index (κ2) is 5.38. The molecule has 0 saturated heterocycles. The molecule has 3 aromatic rings. The molecule has 6 heteroatoms. The van der Waals surface area contributed by atoms with E-state index in [1.165, 1.54) is 0 Å². The highest BCUT2D eigenvalue weighted by molar-refractivity contribution is 5.99. The van der Waals surface area contributed by atoms with E-state index in [1.54, 1.807) is 0 Å². The lowest BCUT2D eigenvalue weighted by Gasteiger charge is -2.35. The third-order valence-corrected chi connectivity index (χ3v) is 6.02. The first kappa shape index (κ1) is 16.4. The zero-order valence-electron chi connectivity index (χ0n) is 14.9. The average molecular weight is 367 g/mol. The standard InChI is InChI=1S/C21H19F2N3O/c1-12-2-4-14-18(27-26-19(14)24)17(12)13-3-5-15-16(10-13)25-11-20(15)6-8-21(22,23)9-7-20/h2-5,10-11H,6-9H2,1H3,(H2,24,26). The molecular formula is C21H19F2N3O. The average Bonchev–Trinajstić information content (AvgIpc) is 3.19. The second-order valence-electron chi connectivity index (χ2n) is 7.70. The Morgan fingerprint density at radius 1 is 1.07 bits per heavy atom.